The van der Waals surface area contributed by atoms with Crippen LogP contribution in [0.2, 0.25) is 0 Å². The summed E-state index contributed by atoms with van der Waals surface area (Å²) in [4.78, 5) is 8.49. The van der Waals surface area contributed by atoms with Crippen molar-refractivity contribution in [1.82, 2.24) is 19.7 Å². The van der Waals surface area contributed by atoms with E-state index in [2.05, 4.69) is 9.97 Å². The molecule has 1 fully saturated rings. The predicted molar refractivity (Wildman–Crippen MR) is 102 cm³/mol. The summed E-state index contributed by atoms with van der Waals surface area (Å²) in [6.07, 6.45) is 1.10. The van der Waals surface area contributed by atoms with Gasteiger partial charge in [0.1, 0.15) is 23.6 Å². The highest BCUT2D eigenvalue weighted by Crippen LogP contribution is 2.39. The summed E-state index contributed by atoms with van der Waals surface area (Å²) in [5.41, 5.74) is 8.45. The number of aliphatic hydroxyl groups excluding tert-OH is 1. The van der Waals surface area contributed by atoms with Gasteiger partial charge in [-0.25, -0.2) is 14.6 Å². The normalized spacial score (nSPS) is 20.2. The molecule has 1 aromatic carbocycles. The highest BCUT2D eigenvalue weighted by Gasteiger charge is 2.29. The molecule has 25 heavy (non-hydrogen) atoms. The molecule has 0 unspecified atom stereocenters. The SMILES string of the molecule is COc1ccc(-c2nn(C[C@H]3SSC[C@H]3O)c3ncnc(N)c23)cc1. The molecule has 3 aromatic rings. The van der Waals surface area contributed by atoms with Crippen molar-refractivity contribution in [1.29, 1.82) is 0 Å². The van der Waals surface area contributed by atoms with E-state index in [1.54, 1.807) is 28.7 Å². The number of nitrogens with zero attached hydrogens (tertiary/aromatic N) is 4. The molecule has 9 heteroatoms. The van der Waals surface area contributed by atoms with E-state index in [-0.39, 0.29) is 11.4 Å². The molecule has 0 saturated carbocycles. The highest BCUT2D eigenvalue weighted by atomic mass is 33.1. The van der Waals surface area contributed by atoms with Crippen molar-refractivity contribution in [3.63, 3.8) is 0 Å². The fraction of sp³-hybridized carbons (Fsp3) is 0.312. The largest absolute Gasteiger partial charge is 0.497 e. The van der Waals surface area contributed by atoms with Crippen LogP contribution in [0.4, 0.5) is 5.82 Å². The van der Waals surface area contributed by atoms with Crippen molar-refractivity contribution in [2.24, 2.45) is 0 Å². The zero-order chi connectivity index (χ0) is 17.4. The van der Waals surface area contributed by atoms with Crippen molar-refractivity contribution >= 4 is 38.4 Å². The number of nitrogens with two attached hydrogens (primary N) is 1. The molecule has 0 amide bonds. The van der Waals surface area contributed by atoms with Gasteiger partial charge in [-0.15, -0.1) is 0 Å². The van der Waals surface area contributed by atoms with Crippen LogP contribution in [0.5, 0.6) is 5.75 Å². The van der Waals surface area contributed by atoms with Crippen LogP contribution < -0.4 is 10.5 Å². The fourth-order valence-electron chi connectivity index (χ4n) is 2.80. The maximum Gasteiger partial charge on any atom is 0.164 e. The van der Waals surface area contributed by atoms with Crippen LogP contribution in [0.15, 0.2) is 30.6 Å². The minimum atomic E-state index is -0.349. The van der Waals surface area contributed by atoms with E-state index in [1.165, 1.54) is 6.33 Å². The summed E-state index contributed by atoms with van der Waals surface area (Å²) in [6.45, 7) is 0.571. The Bertz CT molecular complexity index is 899. The van der Waals surface area contributed by atoms with Gasteiger partial charge in [-0.05, 0) is 24.3 Å². The van der Waals surface area contributed by atoms with Gasteiger partial charge < -0.3 is 15.6 Å². The second-order valence-electron chi connectivity index (χ2n) is 5.70. The van der Waals surface area contributed by atoms with E-state index in [0.29, 0.717) is 18.0 Å². The summed E-state index contributed by atoms with van der Waals surface area (Å²) in [5.74, 6) is 1.91. The van der Waals surface area contributed by atoms with Gasteiger partial charge in [0.15, 0.2) is 5.65 Å². The van der Waals surface area contributed by atoms with Crippen LogP contribution in [0.1, 0.15) is 0 Å². The van der Waals surface area contributed by atoms with E-state index in [9.17, 15) is 5.11 Å². The number of rotatable bonds is 4. The predicted octanol–water partition coefficient (Wildman–Crippen LogP) is 2.21. The Kier molecular flexibility index (Phi) is 4.45. The highest BCUT2D eigenvalue weighted by molar-refractivity contribution is 8.77. The molecule has 7 nitrogen and oxygen atoms in total. The van der Waals surface area contributed by atoms with Crippen LogP contribution >= 0.6 is 21.6 Å². The monoisotopic (exact) mass is 375 g/mol. The fourth-order valence-corrected chi connectivity index (χ4v) is 5.72. The Morgan fingerprint density at radius 3 is 2.80 bits per heavy atom. The lowest BCUT2D eigenvalue weighted by molar-refractivity contribution is 0.191. The quantitative estimate of drug-likeness (QED) is 0.670. The van der Waals surface area contributed by atoms with Gasteiger partial charge in [-0.1, -0.05) is 21.6 Å². The summed E-state index contributed by atoms with van der Waals surface area (Å²) >= 11 is 0. The van der Waals surface area contributed by atoms with Gasteiger partial charge in [0, 0.05) is 11.3 Å². The van der Waals surface area contributed by atoms with Crippen LogP contribution in [-0.4, -0.2) is 49.1 Å². The Morgan fingerprint density at radius 1 is 1.32 bits per heavy atom. The summed E-state index contributed by atoms with van der Waals surface area (Å²) in [6, 6.07) is 7.64. The Balaban J connectivity index is 1.80. The second kappa shape index (κ2) is 6.74. The molecule has 1 aliphatic heterocycles. The molecule has 130 valence electrons. The summed E-state index contributed by atoms with van der Waals surface area (Å²) < 4.78 is 7.03. The maximum absolute atomic E-state index is 10.1. The maximum atomic E-state index is 10.1. The van der Waals surface area contributed by atoms with E-state index >= 15 is 0 Å². The smallest absolute Gasteiger partial charge is 0.164 e. The van der Waals surface area contributed by atoms with Crippen molar-refractivity contribution < 1.29 is 9.84 Å². The Hall–Kier alpha value is -1.97. The topological polar surface area (TPSA) is 99.1 Å². The van der Waals surface area contributed by atoms with Crippen molar-refractivity contribution in [2.75, 3.05) is 18.6 Å². The number of nitrogen functional groups attached to an aromatic ring is 1. The van der Waals surface area contributed by atoms with Crippen molar-refractivity contribution in [3.8, 4) is 17.0 Å². The van der Waals surface area contributed by atoms with Crippen LogP contribution in [-0.2, 0) is 6.54 Å². The average Bonchev–Trinajstić information content (AvgIpc) is 3.20. The van der Waals surface area contributed by atoms with Gasteiger partial charge in [-0.3, -0.25) is 0 Å². The van der Waals surface area contributed by atoms with Crippen molar-refractivity contribution in [3.05, 3.63) is 30.6 Å². The van der Waals surface area contributed by atoms with Gasteiger partial charge in [0.05, 0.1) is 30.4 Å². The molecule has 1 aliphatic rings. The number of benzene rings is 1. The van der Waals surface area contributed by atoms with Gasteiger partial charge in [0.25, 0.3) is 0 Å². The molecule has 3 heterocycles. The van der Waals surface area contributed by atoms with E-state index in [4.69, 9.17) is 15.6 Å². The van der Waals surface area contributed by atoms with Gasteiger partial charge in [0.2, 0.25) is 0 Å². The lowest BCUT2D eigenvalue weighted by Gasteiger charge is -2.12. The van der Waals surface area contributed by atoms with Crippen LogP contribution in [0.3, 0.4) is 0 Å². The van der Waals surface area contributed by atoms with Gasteiger partial charge in [-0.2, -0.15) is 5.10 Å². The Labute approximate surface area is 152 Å². The first kappa shape index (κ1) is 16.5. The van der Waals surface area contributed by atoms with Crippen LogP contribution in [0.25, 0.3) is 22.3 Å². The molecular formula is C16H17N5O2S2. The number of aliphatic hydroxyl groups is 1. The first-order valence-electron chi connectivity index (χ1n) is 7.75. The standard InChI is InChI=1S/C16H17N5O2S2/c1-23-10-4-2-9(3-5-10)14-13-15(17)18-8-19-16(13)21(20-14)6-12-11(22)7-24-25-12/h2-5,8,11-12,22H,6-7H2,1H3,(H2,17,18,19)/t11-,12-/m1/s1. The van der Waals surface area contributed by atoms with E-state index in [0.717, 1.165) is 28.1 Å². The molecule has 1 saturated heterocycles. The number of methoxy groups -OCH3 is 1. The number of ether oxygens (including phenoxy) is 1. The summed E-state index contributed by atoms with van der Waals surface area (Å²) in [7, 11) is 4.99. The number of hydrogen-bond donors (Lipinski definition) is 2. The molecule has 0 radical (unpaired) electrons. The molecule has 0 spiro atoms. The number of fused-ring (bicyclic) bond motifs is 1. The molecular weight excluding hydrogens is 358 g/mol. The molecule has 2 atom stereocenters. The molecule has 4 rings (SSSR count). The van der Waals surface area contributed by atoms with E-state index in [1.807, 2.05) is 28.9 Å². The zero-order valence-electron chi connectivity index (χ0n) is 13.5. The number of hydrogen-bond acceptors (Lipinski definition) is 8. The molecule has 3 N–H and O–H groups in total. The molecule has 0 aliphatic carbocycles. The molecule has 2 aromatic heterocycles. The van der Waals surface area contributed by atoms with Crippen molar-refractivity contribution in [2.45, 2.75) is 17.9 Å². The minimum Gasteiger partial charge on any atom is -0.497 e. The van der Waals surface area contributed by atoms with Gasteiger partial charge >= 0.3 is 0 Å². The molecule has 0 bridgehead atoms. The number of anilines is 1. The Morgan fingerprint density at radius 2 is 2.12 bits per heavy atom. The second-order valence-corrected chi connectivity index (χ2v) is 8.35. The summed E-state index contributed by atoms with van der Waals surface area (Å²) in [5, 5.41) is 15.6. The van der Waals surface area contributed by atoms with E-state index < -0.39 is 0 Å². The zero-order valence-corrected chi connectivity index (χ0v) is 15.1. The van der Waals surface area contributed by atoms with Crippen LogP contribution in [0, 0.1) is 0 Å². The minimum absolute atomic E-state index is 0.0769. The first-order chi connectivity index (χ1) is 12.2. The number of aromatic nitrogens is 4. The third kappa shape index (κ3) is 3.03. The average molecular weight is 375 g/mol. The third-order valence-corrected chi connectivity index (χ3v) is 7.02. The third-order valence-electron chi connectivity index (χ3n) is 4.13. The lowest BCUT2D eigenvalue weighted by Crippen LogP contribution is -2.25. The first-order valence-corrected chi connectivity index (χ1v) is 10.1. The lowest BCUT2D eigenvalue weighted by atomic mass is 10.1.